The van der Waals surface area contributed by atoms with Gasteiger partial charge in [0.2, 0.25) is 5.91 Å². The van der Waals surface area contributed by atoms with E-state index in [1.165, 1.54) is 32.1 Å². The van der Waals surface area contributed by atoms with Gasteiger partial charge in [-0.1, -0.05) is 52.4 Å². The lowest BCUT2D eigenvalue weighted by Crippen LogP contribution is -2.26. The molecule has 1 rings (SSSR count). The second-order valence-electron chi connectivity index (χ2n) is 6.81. The number of anilines is 1. The van der Waals surface area contributed by atoms with Crippen molar-refractivity contribution in [2.24, 2.45) is 0 Å². The first-order valence-corrected chi connectivity index (χ1v) is 11.4. The van der Waals surface area contributed by atoms with Crippen LogP contribution in [0.2, 0.25) is 0 Å². The van der Waals surface area contributed by atoms with Crippen LogP contribution >= 0.6 is 11.8 Å². The van der Waals surface area contributed by atoms with Crippen LogP contribution in [-0.2, 0) is 4.79 Å². The molecule has 0 fully saturated rings. The van der Waals surface area contributed by atoms with E-state index < -0.39 is 0 Å². The maximum atomic E-state index is 13.1. The zero-order chi connectivity index (χ0) is 20.8. The Labute approximate surface area is 174 Å². The predicted octanol–water partition coefficient (Wildman–Crippen LogP) is 5.91. The Morgan fingerprint density at radius 3 is 2.07 bits per heavy atom. The maximum Gasteiger partial charge on any atom is 0.237 e. The van der Waals surface area contributed by atoms with Crippen molar-refractivity contribution in [3.63, 3.8) is 0 Å². The number of unbranched alkanes of at least 4 members (excludes halogenated alkanes) is 5. The number of hydrogen-bond acceptors (Lipinski definition) is 5. The molecular formula is C22H37NO4S. The Morgan fingerprint density at radius 1 is 0.929 bits per heavy atom. The lowest BCUT2D eigenvalue weighted by molar-refractivity contribution is -0.115. The summed E-state index contributed by atoms with van der Waals surface area (Å²) in [6, 6.07) is 3.51. The monoisotopic (exact) mass is 411 g/mol. The van der Waals surface area contributed by atoms with Gasteiger partial charge in [0, 0.05) is 12.1 Å². The SMILES string of the molecule is CCCCCCC(SCCCCC)C(=O)Nc1c(OC)cc(OC)cc1OC. The van der Waals surface area contributed by atoms with Gasteiger partial charge in [-0.15, -0.1) is 11.8 Å². The zero-order valence-electron chi connectivity index (χ0n) is 18.1. The largest absolute Gasteiger partial charge is 0.496 e. The third-order valence-corrected chi connectivity index (χ3v) is 6.02. The molecule has 5 nitrogen and oxygen atoms in total. The highest BCUT2D eigenvalue weighted by atomic mass is 32.2. The Bertz CT molecular complexity index is 543. The third kappa shape index (κ3) is 8.21. The fourth-order valence-corrected chi connectivity index (χ4v) is 4.16. The molecule has 0 aromatic heterocycles. The Kier molecular flexibility index (Phi) is 12.6. The molecular weight excluding hydrogens is 374 g/mol. The fourth-order valence-electron chi connectivity index (χ4n) is 2.96. The third-order valence-electron chi connectivity index (χ3n) is 4.64. The number of ether oxygens (including phenoxy) is 3. The molecule has 0 aliphatic carbocycles. The van der Waals surface area contributed by atoms with Crippen molar-refractivity contribution in [2.45, 2.75) is 70.5 Å². The van der Waals surface area contributed by atoms with Crippen LogP contribution in [-0.4, -0.2) is 38.2 Å². The van der Waals surface area contributed by atoms with Gasteiger partial charge < -0.3 is 19.5 Å². The molecule has 0 aliphatic rings. The molecule has 0 radical (unpaired) electrons. The quantitative estimate of drug-likeness (QED) is 0.363. The van der Waals surface area contributed by atoms with E-state index in [0.29, 0.717) is 22.9 Å². The number of methoxy groups -OCH3 is 3. The van der Waals surface area contributed by atoms with Crippen molar-refractivity contribution in [1.29, 1.82) is 0 Å². The van der Waals surface area contributed by atoms with Gasteiger partial charge in [0.25, 0.3) is 0 Å². The molecule has 0 saturated carbocycles. The highest BCUT2D eigenvalue weighted by Crippen LogP contribution is 2.39. The summed E-state index contributed by atoms with van der Waals surface area (Å²) in [5.41, 5.74) is 0.559. The van der Waals surface area contributed by atoms with Gasteiger partial charge in [0.15, 0.2) is 0 Å². The van der Waals surface area contributed by atoms with E-state index in [-0.39, 0.29) is 11.2 Å². The minimum atomic E-state index is -0.0646. The Morgan fingerprint density at radius 2 is 1.54 bits per heavy atom. The van der Waals surface area contributed by atoms with Crippen molar-refractivity contribution in [3.05, 3.63) is 12.1 Å². The second kappa shape index (κ2) is 14.4. The van der Waals surface area contributed by atoms with Crippen molar-refractivity contribution >= 4 is 23.4 Å². The van der Waals surface area contributed by atoms with Crippen LogP contribution in [0.1, 0.15) is 65.2 Å². The van der Waals surface area contributed by atoms with Crippen LogP contribution < -0.4 is 19.5 Å². The first kappa shape index (κ1) is 24.5. The van der Waals surface area contributed by atoms with Crippen molar-refractivity contribution in [1.82, 2.24) is 0 Å². The van der Waals surface area contributed by atoms with E-state index in [1.807, 2.05) is 0 Å². The number of rotatable bonds is 15. The number of carbonyl (C=O) groups is 1. The molecule has 1 aromatic rings. The molecule has 1 atom stereocenters. The van der Waals surface area contributed by atoms with Gasteiger partial charge in [0.05, 0.1) is 26.6 Å². The van der Waals surface area contributed by atoms with Gasteiger partial charge in [-0.3, -0.25) is 4.79 Å². The topological polar surface area (TPSA) is 56.8 Å². The summed E-state index contributed by atoms with van der Waals surface area (Å²) in [5.74, 6) is 2.71. The van der Waals surface area contributed by atoms with E-state index in [4.69, 9.17) is 14.2 Å². The van der Waals surface area contributed by atoms with Crippen LogP contribution in [0.15, 0.2) is 12.1 Å². The smallest absolute Gasteiger partial charge is 0.237 e. The zero-order valence-corrected chi connectivity index (χ0v) is 19.0. The van der Waals surface area contributed by atoms with Crippen molar-refractivity contribution in [3.8, 4) is 17.2 Å². The molecule has 1 amide bonds. The van der Waals surface area contributed by atoms with Gasteiger partial charge in [-0.2, -0.15) is 0 Å². The minimum absolute atomic E-state index is 0.0137. The Hall–Kier alpha value is -1.56. The summed E-state index contributed by atoms with van der Waals surface area (Å²) in [4.78, 5) is 13.1. The summed E-state index contributed by atoms with van der Waals surface area (Å²) >= 11 is 1.76. The summed E-state index contributed by atoms with van der Waals surface area (Å²) in [6.07, 6.45) is 9.09. The van der Waals surface area contributed by atoms with Crippen LogP contribution in [0.3, 0.4) is 0 Å². The highest BCUT2D eigenvalue weighted by Gasteiger charge is 2.22. The molecule has 0 aliphatic heterocycles. The molecule has 0 saturated heterocycles. The Balaban J connectivity index is 2.89. The standard InChI is InChI=1S/C22H37NO4S/c1-6-8-10-11-13-20(28-14-12-9-7-2)22(24)23-21-18(26-4)15-17(25-3)16-19(21)27-5/h15-16,20H,6-14H2,1-5H3,(H,23,24). The van der Waals surface area contributed by atoms with Gasteiger partial charge >= 0.3 is 0 Å². The number of hydrogen-bond donors (Lipinski definition) is 1. The van der Waals surface area contributed by atoms with Crippen LogP contribution in [0, 0.1) is 0 Å². The summed E-state index contributed by atoms with van der Waals surface area (Å²) in [6.45, 7) is 4.40. The predicted molar refractivity (Wildman–Crippen MR) is 119 cm³/mol. The number of carbonyl (C=O) groups excluding carboxylic acids is 1. The van der Waals surface area contributed by atoms with E-state index in [0.717, 1.165) is 25.0 Å². The number of thioether (sulfide) groups is 1. The van der Waals surface area contributed by atoms with Crippen molar-refractivity contribution < 1.29 is 19.0 Å². The van der Waals surface area contributed by atoms with Crippen LogP contribution in [0.25, 0.3) is 0 Å². The molecule has 28 heavy (non-hydrogen) atoms. The molecule has 0 bridgehead atoms. The number of nitrogens with one attached hydrogen (secondary N) is 1. The summed E-state index contributed by atoms with van der Waals surface area (Å²) in [7, 11) is 4.74. The van der Waals surface area contributed by atoms with Crippen molar-refractivity contribution in [2.75, 3.05) is 32.4 Å². The fraction of sp³-hybridized carbons (Fsp3) is 0.682. The molecule has 160 valence electrons. The lowest BCUT2D eigenvalue weighted by Gasteiger charge is -2.20. The summed E-state index contributed by atoms with van der Waals surface area (Å²) < 4.78 is 16.2. The molecule has 1 unspecified atom stereocenters. The maximum absolute atomic E-state index is 13.1. The first-order valence-electron chi connectivity index (χ1n) is 10.3. The van der Waals surface area contributed by atoms with E-state index in [2.05, 4.69) is 19.2 Å². The molecule has 0 spiro atoms. The van der Waals surface area contributed by atoms with E-state index in [9.17, 15) is 4.79 Å². The van der Waals surface area contributed by atoms with Gasteiger partial charge in [-0.05, 0) is 18.6 Å². The van der Waals surface area contributed by atoms with Crippen LogP contribution in [0.5, 0.6) is 17.2 Å². The van der Waals surface area contributed by atoms with Crippen LogP contribution in [0.4, 0.5) is 5.69 Å². The lowest BCUT2D eigenvalue weighted by atomic mass is 10.1. The van der Waals surface area contributed by atoms with E-state index >= 15 is 0 Å². The van der Waals surface area contributed by atoms with Gasteiger partial charge in [-0.25, -0.2) is 0 Å². The molecule has 1 N–H and O–H groups in total. The molecule has 0 heterocycles. The van der Waals surface area contributed by atoms with E-state index in [1.54, 1.807) is 45.2 Å². The summed E-state index contributed by atoms with van der Waals surface area (Å²) in [5, 5.41) is 2.98. The normalized spacial score (nSPS) is 11.8. The highest BCUT2D eigenvalue weighted by molar-refractivity contribution is 8.00. The first-order chi connectivity index (χ1) is 13.6. The van der Waals surface area contributed by atoms with Gasteiger partial charge in [0.1, 0.15) is 22.9 Å². The second-order valence-corrected chi connectivity index (χ2v) is 8.12. The average Bonchev–Trinajstić information content (AvgIpc) is 2.72. The molecule has 6 heteroatoms. The molecule has 1 aromatic carbocycles. The number of benzene rings is 1. The number of amides is 1. The average molecular weight is 412 g/mol. The minimum Gasteiger partial charge on any atom is -0.496 e.